The molecule has 0 unspecified atom stereocenters. The van der Waals surface area contributed by atoms with Gasteiger partial charge in [-0.15, -0.1) is 0 Å². The van der Waals surface area contributed by atoms with Crippen molar-refractivity contribution in [3.8, 4) is 5.75 Å². The van der Waals surface area contributed by atoms with E-state index in [0.29, 0.717) is 23.7 Å². The van der Waals surface area contributed by atoms with E-state index in [-0.39, 0.29) is 0 Å². The van der Waals surface area contributed by atoms with Crippen LogP contribution in [-0.4, -0.2) is 46.0 Å². The Morgan fingerprint density at radius 3 is 2.43 bits per heavy atom. The normalized spacial score (nSPS) is 17.3. The van der Waals surface area contributed by atoms with Crippen LogP contribution in [0.5, 0.6) is 5.75 Å². The molecule has 0 spiro atoms. The summed E-state index contributed by atoms with van der Waals surface area (Å²) in [6.07, 6.45) is 1.67. The predicted molar refractivity (Wildman–Crippen MR) is 84.9 cm³/mol. The largest absolute Gasteiger partial charge is 0.497 e. The van der Waals surface area contributed by atoms with Gasteiger partial charge in [0, 0.05) is 0 Å². The van der Waals surface area contributed by atoms with Crippen molar-refractivity contribution >= 4 is 10.0 Å². The Hall–Kier alpha value is -1.83. The summed E-state index contributed by atoms with van der Waals surface area (Å²) in [5.41, 5.74) is 0. The van der Waals surface area contributed by atoms with E-state index in [1.165, 1.54) is 4.90 Å². The molecule has 0 saturated carbocycles. The summed E-state index contributed by atoms with van der Waals surface area (Å²) in [4.78, 5) is 1.65. The predicted octanol–water partition coefficient (Wildman–Crippen LogP) is 0.378. The minimum Gasteiger partial charge on any atom is -0.497 e. The summed E-state index contributed by atoms with van der Waals surface area (Å²) in [5, 5.41) is 0. The average molecular weight is 337 g/mol. The smallest absolute Gasteiger partial charge is 0.243 e. The molecule has 6 nitrogen and oxygen atoms in total. The number of hydrogen-bond donors (Lipinski definition) is 1. The van der Waals surface area contributed by atoms with Gasteiger partial charge in [0.05, 0.1) is 44.4 Å². The first-order valence-electron chi connectivity index (χ1n) is 7.60. The lowest BCUT2D eigenvalue weighted by atomic mass is 10.3. The quantitative estimate of drug-likeness (QED) is 0.857. The van der Waals surface area contributed by atoms with Gasteiger partial charge in [-0.1, -0.05) is 0 Å². The molecule has 23 heavy (non-hydrogen) atoms. The summed E-state index contributed by atoms with van der Waals surface area (Å²) < 4.78 is 37.3. The van der Waals surface area contributed by atoms with E-state index in [9.17, 15) is 8.42 Å². The topological polar surface area (TPSA) is 64.2 Å². The molecule has 3 rings (SSSR count). The van der Waals surface area contributed by atoms with Crippen LogP contribution in [0.15, 0.2) is 52.0 Å². The van der Waals surface area contributed by atoms with Crippen molar-refractivity contribution in [3.63, 3.8) is 0 Å². The van der Waals surface area contributed by atoms with E-state index in [1.54, 1.807) is 41.9 Å². The van der Waals surface area contributed by atoms with Gasteiger partial charge < -0.3 is 14.1 Å². The molecule has 0 radical (unpaired) electrons. The number of quaternary nitrogens is 1. The molecule has 1 aromatic carbocycles. The molecule has 124 valence electrons. The number of benzene rings is 1. The zero-order valence-corrected chi connectivity index (χ0v) is 13.9. The Kier molecular flexibility index (Phi) is 4.70. The maximum atomic E-state index is 12.7. The number of rotatable bonds is 5. The van der Waals surface area contributed by atoms with Crippen molar-refractivity contribution in [2.75, 3.05) is 33.3 Å². The van der Waals surface area contributed by atoms with Crippen LogP contribution in [0.1, 0.15) is 5.76 Å². The number of furan rings is 1. The summed E-state index contributed by atoms with van der Waals surface area (Å²) >= 11 is 0. The first-order chi connectivity index (χ1) is 11.1. The standard InChI is InChI=1S/C16H20N2O4S/c1-21-14-4-6-16(7-5-14)23(19,20)18-10-8-17(9-11-18)13-15-3-2-12-22-15/h2-7,12H,8-11,13H2,1H3/p+1. The lowest BCUT2D eigenvalue weighted by molar-refractivity contribution is -0.918. The lowest BCUT2D eigenvalue weighted by Crippen LogP contribution is -3.13. The summed E-state index contributed by atoms with van der Waals surface area (Å²) in [5.74, 6) is 1.59. The van der Waals surface area contributed by atoms with Gasteiger partial charge >= 0.3 is 0 Å². The second kappa shape index (κ2) is 6.74. The Morgan fingerprint density at radius 2 is 1.87 bits per heavy atom. The third kappa shape index (κ3) is 3.57. The molecule has 0 bridgehead atoms. The highest BCUT2D eigenvalue weighted by Gasteiger charge is 2.30. The maximum Gasteiger partial charge on any atom is 0.243 e. The molecule has 1 aromatic heterocycles. The Morgan fingerprint density at radius 1 is 1.17 bits per heavy atom. The second-order valence-electron chi connectivity index (χ2n) is 5.59. The Balaban J connectivity index is 1.63. The van der Waals surface area contributed by atoms with Crippen LogP contribution in [0.2, 0.25) is 0 Å². The zero-order valence-electron chi connectivity index (χ0n) is 13.1. The monoisotopic (exact) mass is 337 g/mol. The third-order valence-corrected chi connectivity index (χ3v) is 6.04. The average Bonchev–Trinajstić information content (AvgIpc) is 3.08. The van der Waals surface area contributed by atoms with Gasteiger partial charge in [-0.2, -0.15) is 4.31 Å². The zero-order chi connectivity index (χ0) is 16.3. The number of hydrogen-bond acceptors (Lipinski definition) is 4. The molecule has 2 aromatic rings. The summed E-state index contributed by atoms with van der Waals surface area (Å²) in [6, 6.07) is 10.4. The molecule has 0 atom stereocenters. The molecular formula is C16H21N2O4S+. The molecule has 0 aliphatic carbocycles. The summed E-state index contributed by atoms with van der Waals surface area (Å²) in [6.45, 7) is 3.38. The first-order valence-corrected chi connectivity index (χ1v) is 9.04. The molecular weight excluding hydrogens is 316 g/mol. The molecule has 2 heterocycles. The number of methoxy groups -OCH3 is 1. The maximum absolute atomic E-state index is 12.7. The molecule has 7 heteroatoms. The van der Waals surface area contributed by atoms with Crippen molar-refractivity contribution < 1.29 is 22.5 Å². The van der Waals surface area contributed by atoms with Gasteiger partial charge in [0.15, 0.2) is 5.76 Å². The summed E-state index contributed by atoms with van der Waals surface area (Å²) in [7, 11) is -1.87. The van der Waals surface area contributed by atoms with Crippen LogP contribution >= 0.6 is 0 Å². The van der Waals surface area contributed by atoms with Crippen molar-refractivity contribution in [2.24, 2.45) is 0 Å². The lowest BCUT2D eigenvalue weighted by Gasteiger charge is -2.31. The van der Waals surface area contributed by atoms with E-state index < -0.39 is 10.0 Å². The molecule has 1 saturated heterocycles. The van der Waals surface area contributed by atoms with Gasteiger partial charge in [0.25, 0.3) is 0 Å². The molecule has 1 aliphatic heterocycles. The molecule has 0 amide bonds. The molecule has 1 N–H and O–H groups in total. The number of piperazine rings is 1. The highest BCUT2D eigenvalue weighted by atomic mass is 32.2. The van der Waals surface area contributed by atoms with Crippen molar-refractivity contribution in [1.29, 1.82) is 0 Å². The van der Waals surface area contributed by atoms with Crippen LogP contribution in [0.25, 0.3) is 0 Å². The highest BCUT2D eigenvalue weighted by Crippen LogP contribution is 2.19. The fourth-order valence-electron chi connectivity index (χ4n) is 2.78. The van der Waals surface area contributed by atoms with Crippen LogP contribution < -0.4 is 9.64 Å². The van der Waals surface area contributed by atoms with Crippen molar-refractivity contribution in [1.82, 2.24) is 4.31 Å². The number of ether oxygens (including phenoxy) is 1. The fourth-order valence-corrected chi connectivity index (χ4v) is 4.22. The van der Waals surface area contributed by atoms with Crippen LogP contribution in [0, 0.1) is 0 Å². The van der Waals surface area contributed by atoms with E-state index in [0.717, 1.165) is 25.4 Å². The van der Waals surface area contributed by atoms with Gasteiger partial charge in [-0.25, -0.2) is 8.42 Å². The Labute approximate surface area is 136 Å². The minimum absolute atomic E-state index is 0.313. The van der Waals surface area contributed by atoms with E-state index >= 15 is 0 Å². The van der Waals surface area contributed by atoms with Crippen LogP contribution in [0.4, 0.5) is 0 Å². The third-order valence-electron chi connectivity index (χ3n) is 4.13. The number of nitrogens with one attached hydrogen (secondary N) is 1. The number of sulfonamides is 1. The van der Waals surface area contributed by atoms with Gasteiger partial charge in [0.2, 0.25) is 10.0 Å². The van der Waals surface area contributed by atoms with Crippen LogP contribution in [-0.2, 0) is 16.6 Å². The first kappa shape index (κ1) is 16.0. The fraction of sp³-hybridized carbons (Fsp3) is 0.375. The molecule has 1 aliphatic rings. The van der Waals surface area contributed by atoms with Gasteiger partial charge in [-0.05, 0) is 36.4 Å². The van der Waals surface area contributed by atoms with Crippen LogP contribution in [0.3, 0.4) is 0 Å². The van der Waals surface area contributed by atoms with Gasteiger partial charge in [0.1, 0.15) is 12.3 Å². The van der Waals surface area contributed by atoms with E-state index in [2.05, 4.69) is 0 Å². The number of nitrogens with zero attached hydrogens (tertiary/aromatic N) is 1. The van der Waals surface area contributed by atoms with E-state index in [1.807, 2.05) is 12.1 Å². The van der Waals surface area contributed by atoms with Crippen molar-refractivity contribution in [2.45, 2.75) is 11.4 Å². The van der Waals surface area contributed by atoms with Gasteiger partial charge in [-0.3, -0.25) is 0 Å². The SMILES string of the molecule is COc1ccc(S(=O)(=O)N2CC[NH+](Cc3ccco3)CC2)cc1. The second-order valence-corrected chi connectivity index (χ2v) is 7.52. The minimum atomic E-state index is -3.43. The molecule has 1 fully saturated rings. The van der Waals surface area contributed by atoms with E-state index in [4.69, 9.17) is 9.15 Å². The highest BCUT2D eigenvalue weighted by molar-refractivity contribution is 7.89. The van der Waals surface area contributed by atoms with Crippen molar-refractivity contribution in [3.05, 3.63) is 48.4 Å². The Bertz CT molecular complexity index is 718.